The maximum Gasteiger partial charge on any atom is 0.149 e. The molecular formula is C72H77N3O. The molecule has 2 aliphatic carbocycles. The van der Waals surface area contributed by atoms with E-state index in [0.29, 0.717) is 42.6 Å². The third-order valence-electron chi connectivity index (χ3n) is 16.2. The molecule has 7 aromatic carbocycles. The van der Waals surface area contributed by atoms with Gasteiger partial charge in [0.1, 0.15) is 11.6 Å². The molecule has 0 unspecified atom stereocenters. The lowest BCUT2D eigenvalue weighted by atomic mass is 9.76. The Hall–Kier alpha value is -7.04. The first-order valence-corrected chi connectivity index (χ1v) is 27.8. The Kier molecular flexibility index (Phi) is 12.5. The lowest BCUT2D eigenvalue weighted by molar-refractivity contribution is 0.396. The third kappa shape index (κ3) is 10.5. The highest BCUT2D eigenvalue weighted by atomic mass is 16.3. The first kappa shape index (κ1) is 46.3. The molecule has 1 N–H and O–H groups in total. The standard InChI is InChI=1S/C72H77N3O/c1-70(2,3)58-42-56(41-57(43-58)64-44-55(37-38-73-64)53-34-32-52(33-35-53)51-30-28-50(29-31-51)49-21-12-10-13-22-49)60-25-18-26-66-67(60)74-69(62-45-59(71(4,5)6)46-63(68(62)76)72(7,8)9)75(66)65-36-27-48(39-47-19-16-17-20-47)40-61(65)54-23-14-11-15-24-54/h10-15,18,21-27,32-38,40-47,50-51,76H,16-17,19-20,28-31,39H2,1-9H3/i39D2,50D,51D. The van der Waals surface area contributed by atoms with Gasteiger partial charge < -0.3 is 5.11 Å². The fourth-order valence-electron chi connectivity index (χ4n) is 11.7. The van der Waals surface area contributed by atoms with Crippen LogP contribution in [0.1, 0.15) is 164 Å². The zero-order valence-electron chi connectivity index (χ0n) is 50.2. The second-order valence-corrected chi connectivity index (χ2v) is 24.7. The number of imidazole rings is 1. The Morgan fingerprint density at radius 3 is 1.82 bits per heavy atom. The van der Waals surface area contributed by atoms with Crippen molar-refractivity contribution in [2.45, 2.75) is 148 Å². The molecule has 0 atom stereocenters. The number of aromatic nitrogens is 3. The number of phenols is 1. The largest absolute Gasteiger partial charge is 0.507 e. The van der Waals surface area contributed by atoms with Crippen LogP contribution in [0, 0.1) is 5.92 Å². The van der Waals surface area contributed by atoms with E-state index >= 15 is 0 Å². The maximum atomic E-state index is 12.7. The summed E-state index contributed by atoms with van der Waals surface area (Å²) in [5, 5.41) is 12.7. The monoisotopic (exact) mass is 1000 g/mol. The van der Waals surface area contributed by atoms with Gasteiger partial charge in [-0.15, -0.1) is 0 Å². The Morgan fingerprint density at radius 2 is 1.16 bits per heavy atom. The molecular weight excluding hydrogens is 923 g/mol. The van der Waals surface area contributed by atoms with Crippen LogP contribution in [0.2, 0.25) is 0 Å². The van der Waals surface area contributed by atoms with Crippen LogP contribution in [0.4, 0.5) is 0 Å². The number of para-hydroxylation sites is 1. The smallest absolute Gasteiger partial charge is 0.149 e. The Morgan fingerprint density at radius 1 is 0.526 bits per heavy atom. The molecule has 76 heavy (non-hydrogen) atoms. The lowest BCUT2D eigenvalue weighted by Crippen LogP contribution is -2.17. The number of aromatic hydroxyl groups is 1. The molecule has 2 aromatic heterocycles. The normalized spacial score (nSPS) is 19.5. The van der Waals surface area contributed by atoms with Crippen LogP contribution in [0.25, 0.3) is 72.7 Å². The van der Waals surface area contributed by atoms with Crippen LogP contribution in [-0.4, -0.2) is 19.6 Å². The zero-order valence-corrected chi connectivity index (χ0v) is 46.2. The van der Waals surface area contributed by atoms with Gasteiger partial charge in [-0.3, -0.25) is 9.55 Å². The van der Waals surface area contributed by atoms with Crippen molar-refractivity contribution in [3.05, 3.63) is 203 Å². The van der Waals surface area contributed by atoms with Crippen molar-refractivity contribution in [3.63, 3.8) is 0 Å². The molecule has 0 spiro atoms. The third-order valence-corrected chi connectivity index (χ3v) is 16.2. The molecule has 4 nitrogen and oxygen atoms in total. The van der Waals surface area contributed by atoms with E-state index in [4.69, 9.17) is 9.97 Å². The van der Waals surface area contributed by atoms with Crippen LogP contribution < -0.4 is 0 Å². The van der Waals surface area contributed by atoms with Crippen LogP contribution >= 0.6 is 0 Å². The van der Waals surface area contributed by atoms with Crippen molar-refractivity contribution >= 4 is 11.0 Å². The molecule has 2 heterocycles. The van der Waals surface area contributed by atoms with Crippen molar-refractivity contribution in [2.75, 3.05) is 0 Å². The average molecular weight is 1000 g/mol. The Bertz CT molecular complexity index is 3730. The van der Waals surface area contributed by atoms with Crippen molar-refractivity contribution < 1.29 is 10.6 Å². The number of benzene rings is 7. The Balaban J connectivity index is 1.06. The van der Waals surface area contributed by atoms with Gasteiger partial charge in [-0.2, -0.15) is 0 Å². The summed E-state index contributed by atoms with van der Waals surface area (Å²) >= 11 is 0. The van der Waals surface area contributed by atoms with Gasteiger partial charge in [-0.1, -0.05) is 203 Å². The number of pyridine rings is 1. The van der Waals surface area contributed by atoms with Gasteiger partial charge in [0.2, 0.25) is 0 Å². The summed E-state index contributed by atoms with van der Waals surface area (Å²) in [4.78, 5) is 10.7. The summed E-state index contributed by atoms with van der Waals surface area (Å²) in [6, 6.07) is 56.7. The summed E-state index contributed by atoms with van der Waals surface area (Å²) in [7, 11) is 0. The highest BCUT2D eigenvalue weighted by Gasteiger charge is 2.30. The van der Waals surface area contributed by atoms with Crippen LogP contribution in [0.15, 0.2) is 170 Å². The number of hydrogen-bond acceptors (Lipinski definition) is 3. The molecule has 0 radical (unpaired) electrons. The molecule has 4 heteroatoms. The van der Waals surface area contributed by atoms with Crippen molar-refractivity contribution in [1.82, 2.24) is 14.5 Å². The van der Waals surface area contributed by atoms with Crippen molar-refractivity contribution in [3.8, 4) is 67.5 Å². The van der Waals surface area contributed by atoms with Gasteiger partial charge in [-0.05, 0) is 165 Å². The molecule has 2 aliphatic rings. The highest BCUT2D eigenvalue weighted by molar-refractivity contribution is 5.98. The summed E-state index contributed by atoms with van der Waals surface area (Å²) in [6.07, 6.45) is 6.81. The number of phenolic OH excluding ortho intramolecular Hbond substituents is 1. The second-order valence-electron chi connectivity index (χ2n) is 24.7. The van der Waals surface area contributed by atoms with Crippen LogP contribution in [-0.2, 0) is 22.6 Å². The van der Waals surface area contributed by atoms with Gasteiger partial charge in [0, 0.05) is 33.9 Å². The molecule has 0 bridgehead atoms. The van der Waals surface area contributed by atoms with Gasteiger partial charge in [0.05, 0.1) is 28.0 Å². The number of hydrogen-bond donors (Lipinski definition) is 1. The minimum atomic E-state index is -1.51. The summed E-state index contributed by atoms with van der Waals surface area (Å²) < 4.78 is 40.2. The van der Waals surface area contributed by atoms with Crippen molar-refractivity contribution in [1.29, 1.82) is 0 Å². The fraction of sp³-hybridized carbons (Fsp3) is 0.333. The maximum absolute atomic E-state index is 12.7. The van der Waals surface area contributed by atoms with E-state index in [9.17, 15) is 10.6 Å². The van der Waals surface area contributed by atoms with E-state index in [1.165, 1.54) is 0 Å². The van der Waals surface area contributed by atoms with E-state index in [-0.39, 0.29) is 27.9 Å². The second kappa shape index (κ2) is 20.5. The predicted octanol–water partition coefficient (Wildman–Crippen LogP) is 19.5. The van der Waals surface area contributed by atoms with Gasteiger partial charge in [0.25, 0.3) is 0 Å². The average Bonchev–Trinajstić information content (AvgIpc) is 4.15. The molecule has 2 fully saturated rings. The van der Waals surface area contributed by atoms with E-state index in [2.05, 4.69) is 188 Å². The van der Waals surface area contributed by atoms with Gasteiger partial charge >= 0.3 is 0 Å². The number of fused-ring (bicyclic) bond motifs is 1. The number of rotatable bonds is 10. The molecule has 9 aromatic rings. The van der Waals surface area contributed by atoms with E-state index in [1.807, 2.05) is 48.7 Å². The topological polar surface area (TPSA) is 50.9 Å². The fourth-order valence-corrected chi connectivity index (χ4v) is 11.7. The predicted molar refractivity (Wildman–Crippen MR) is 320 cm³/mol. The summed E-state index contributed by atoms with van der Waals surface area (Å²) in [6.45, 7) is 19.8. The van der Waals surface area contributed by atoms with Gasteiger partial charge in [0.15, 0.2) is 0 Å². The molecule has 11 rings (SSSR count). The van der Waals surface area contributed by atoms with Crippen LogP contribution in [0.3, 0.4) is 0 Å². The highest BCUT2D eigenvalue weighted by Crippen LogP contribution is 2.47. The minimum Gasteiger partial charge on any atom is -0.507 e. The summed E-state index contributed by atoms with van der Waals surface area (Å²) in [5.74, 6) is -0.643. The molecule has 0 saturated heterocycles. The Labute approximate surface area is 459 Å². The van der Waals surface area contributed by atoms with Crippen molar-refractivity contribution in [2.24, 2.45) is 5.92 Å². The minimum absolute atomic E-state index is 0.0495. The SMILES string of the molecule is [2H]C1(c2ccccc2)CCC([2H])(c2ccc(-c3ccnc(-c4cc(-c5cccc6c5nc(-c5cc(C(C)(C)C)cc(C(C)(C)C)c5O)n6-c5ccc(C([2H])([2H])C6CCCC6)cc5-c5ccccc5)cc(C(C)(C)C)c4)c3)cc2)CC1. The first-order chi connectivity index (χ1) is 37.9. The van der Waals surface area contributed by atoms with E-state index in [0.717, 1.165) is 115 Å². The molecule has 0 amide bonds. The summed E-state index contributed by atoms with van der Waals surface area (Å²) in [5.41, 5.74) is 15.8. The van der Waals surface area contributed by atoms with Crippen LogP contribution in [0.5, 0.6) is 5.75 Å². The quantitative estimate of drug-likeness (QED) is 0.149. The van der Waals surface area contributed by atoms with Gasteiger partial charge in [-0.25, -0.2) is 4.98 Å². The molecule has 2 saturated carbocycles. The van der Waals surface area contributed by atoms with E-state index < -0.39 is 18.2 Å². The van der Waals surface area contributed by atoms with E-state index in [1.54, 1.807) is 0 Å². The first-order valence-electron chi connectivity index (χ1n) is 29.8. The number of nitrogens with zero attached hydrogens (tertiary/aromatic N) is 3. The zero-order chi connectivity index (χ0) is 56.6. The molecule has 386 valence electrons. The lowest BCUT2D eigenvalue weighted by Gasteiger charge is -2.29. The molecule has 0 aliphatic heterocycles.